The summed E-state index contributed by atoms with van der Waals surface area (Å²) in [4.78, 5) is 18.7. The maximum absolute atomic E-state index is 13.5. The van der Waals surface area contributed by atoms with E-state index in [0.717, 1.165) is 5.56 Å². The van der Waals surface area contributed by atoms with Gasteiger partial charge in [-0.3, -0.25) is 9.36 Å². The van der Waals surface area contributed by atoms with Crippen molar-refractivity contribution in [2.24, 2.45) is 5.14 Å². The van der Waals surface area contributed by atoms with Gasteiger partial charge in [-0.15, -0.1) is 0 Å². The lowest BCUT2D eigenvalue weighted by Crippen LogP contribution is -2.30. The molecule has 10 heteroatoms. The van der Waals surface area contributed by atoms with E-state index >= 15 is 0 Å². The van der Waals surface area contributed by atoms with Crippen molar-refractivity contribution >= 4 is 33.4 Å². The summed E-state index contributed by atoms with van der Waals surface area (Å²) in [7, 11) is -3.78. The SMILES string of the molecule is NS(=O)(=O)c1ccc2c(c1)CCN2C(=O)CSc1nccn1-c1cccc(F)c1. The van der Waals surface area contributed by atoms with Crippen molar-refractivity contribution in [2.45, 2.75) is 16.5 Å². The van der Waals surface area contributed by atoms with Crippen LogP contribution in [0.25, 0.3) is 5.69 Å². The number of carbonyl (C=O) groups excluding carboxylic acids is 1. The maximum Gasteiger partial charge on any atom is 0.238 e. The van der Waals surface area contributed by atoms with Crippen molar-refractivity contribution in [2.75, 3.05) is 17.2 Å². The van der Waals surface area contributed by atoms with Gasteiger partial charge in [-0.2, -0.15) is 0 Å². The monoisotopic (exact) mass is 432 g/mol. The first-order valence-corrected chi connectivity index (χ1v) is 11.2. The Balaban J connectivity index is 1.48. The average Bonchev–Trinajstić information content (AvgIpc) is 3.31. The molecular weight excluding hydrogens is 415 g/mol. The van der Waals surface area contributed by atoms with E-state index < -0.39 is 10.0 Å². The quantitative estimate of drug-likeness (QED) is 0.624. The Labute approximate surface area is 171 Å². The van der Waals surface area contributed by atoms with Crippen molar-refractivity contribution < 1.29 is 17.6 Å². The molecule has 7 nitrogen and oxygen atoms in total. The van der Waals surface area contributed by atoms with Crippen molar-refractivity contribution in [1.82, 2.24) is 9.55 Å². The van der Waals surface area contributed by atoms with Gasteiger partial charge in [0.05, 0.1) is 16.3 Å². The normalized spacial score (nSPS) is 13.5. The number of sulfonamides is 1. The summed E-state index contributed by atoms with van der Waals surface area (Å²) >= 11 is 1.25. The van der Waals surface area contributed by atoms with Gasteiger partial charge in [0, 0.05) is 24.6 Å². The van der Waals surface area contributed by atoms with E-state index in [2.05, 4.69) is 4.98 Å². The van der Waals surface area contributed by atoms with Gasteiger partial charge < -0.3 is 4.90 Å². The molecule has 4 rings (SSSR count). The van der Waals surface area contributed by atoms with Crippen LogP contribution in [-0.2, 0) is 21.2 Å². The predicted octanol–water partition coefficient (Wildman–Crippen LogP) is 2.34. The molecule has 0 spiro atoms. The molecule has 29 heavy (non-hydrogen) atoms. The Bertz CT molecular complexity index is 1190. The number of rotatable bonds is 5. The molecule has 0 atom stereocenters. The van der Waals surface area contributed by atoms with Crippen molar-refractivity contribution in [3.63, 3.8) is 0 Å². The van der Waals surface area contributed by atoms with Crippen LogP contribution in [0.3, 0.4) is 0 Å². The first-order valence-electron chi connectivity index (χ1n) is 8.71. The van der Waals surface area contributed by atoms with Crippen LogP contribution in [0.5, 0.6) is 0 Å². The summed E-state index contributed by atoms with van der Waals surface area (Å²) in [5.41, 5.74) is 2.09. The molecule has 1 aromatic heterocycles. The molecule has 0 aliphatic carbocycles. The Morgan fingerprint density at radius 2 is 2.07 bits per heavy atom. The third-order valence-electron chi connectivity index (χ3n) is 4.59. The van der Waals surface area contributed by atoms with Crippen LogP contribution >= 0.6 is 11.8 Å². The average molecular weight is 433 g/mol. The fraction of sp³-hybridized carbons (Fsp3) is 0.158. The third-order valence-corrected chi connectivity index (χ3v) is 6.46. The topological polar surface area (TPSA) is 98.3 Å². The fourth-order valence-corrected chi connectivity index (χ4v) is 4.65. The number of benzene rings is 2. The number of hydrogen-bond acceptors (Lipinski definition) is 5. The highest BCUT2D eigenvalue weighted by Crippen LogP contribution is 2.31. The van der Waals surface area contributed by atoms with Gasteiger partial charge in [0.2, 0.25) is 15.9 Å². The predicted molar refractivity (Wildman–Crippen MR) is 108 cm³/mol. The molecule has 0 fully saturated rings. The maximum atomic E-state index is 13.5. The fourth-order valence-electron chi connectivity index (χ4n) is 3.24. The number of hydrogen-bond donors (Lipinski definition) is 1. The smallest absolute Gasteiger partial charge is 0.238 e. The third kappa shape index (κ3) is 4.04. The first kappa shape index (κ1) is 19.6. The Morgan fingerprint density at radius 1 is 1.24 bits per heavy atom. The minimum absolute atomic E-state index is 0.0389. The van der Waals surface area contributed by atoms with Crippen LogP contribution in [0.1, 0.15) is 5.56 Å². The van der Waals surface area contributed by atoms with Crippen LogP contribution < -0.4 is 10.0 Å². The zero-order valence-corrected chi connectivity index (χ0v) is 16.8. The van der Waals surface area contributed by atoms with Gasteiger partial charge in [-0.05, 0) is 48.4 Å². The molecule has 1 aliphatic heterocycles. The van der Waals surface area contributed by atoms with Gasteiger partial charge in [-0.25, -0.2) is 22.9 Å². The summed E-state index contributed by atoms with van der Waals surface area (Å²) < 4.78 is 38.3. The van der Waals surface area contributed by atoms with Crippen molar-refractivity contribution in [3.05, 3.63) is 66.2 Å². The zero-order valence-electron chi connectivity index (χ0n) is 15.2. The number of thioether (sulfide) groups is 1. The van der Waals surface area contributed by atoms with Crippen LogP contribution in [0, 0.1) is 5.82 Å². The highest BCUT2D eigenvalue weighted by Gasteiger charge is 2.26. The second-order valence-electron chi connectivity index (χ2n) is 6.48. The minimum Gasteiger partial charge on any atom is -0.311 e. The molecule has 0 saturated carbocycles. The Hall–Kier alpha value is -2.69. The highest BCUT2D eigenvalue weighted by atomic mass is 32.2. The molecule has 2 N–H and O–H groups in total. The molecule has 2 aromatic carbocycles. The number of halogens is 1. The standard InChI is InChI=1S/C19H17FN4O3S2/c20-14-2-1-3-15(11-14)23-9-7-22-19(23)28-12-18(25)24-8-6-13-10-16(29(21,26)27)4-5-17(13)24/h1-5,7,9-11H,6,8,12H2,(H2,21,26,27). The van der Waals surface area contributed by atoms with E-state index in [-0.39, 0.29) is 22.4 Å². The number of nitrogens with zero attached hydrogens (tertiary/aromatic N) is 3. The summed E-state index contributed by atoms with van der Waals surface area (Å²) in [6.45, 7) is 0.473. The van der Waals surface area contributed by atoms with E-state index in [1.54, 1.807) is 40.1 Å². The molecule has 150 valence electrons. The second kappa shape index (κ2) is 7.62. The van der Waals surface area contributed by atoms with Crippen molar-refractivity contribution in [1.29, 1.82) is 0 Å². The number of carbonyl (C=O) groups is 1. The summed E-state index contributed by atoms with van der Waals surface area (Å²) in [5, 5.41) is 5.75. The van der Waals surface area contributed by atoms with E-state index in [4.69, 9.17) is 5.14 Å². The lowest BCUT2D eigenvalue weighted by atomic mass is 10.2. The number of aromatic nitrogens is 2. The molecular formula is C19H17FN4O3S2. The van der Waals surface area contributed by atoms with Crippen molar-refractivity contribution in [3.8, 4) is 5.69 Å². The van der Waals surface area contributed by atoms with Gasteiger partial charge >= 0.3 is 0 Å². The summed E-state index contributed by atoms with van der Waals surface area (Å²) in [6, 6.07) is 10.7. The number of anilines is 1. The second-order valence-corrected chi connectivity index (χ2v) is 8.98. The van der Waals surface area contributed by atoms with Gasteiger partial charge in [0.1, 0.15) is 5.82 Å². The lowest BCUT2D eigenvalue weighted by molar-refractivity contribution is -0.116. The van der Waals surface area contributed by atoms with E-state index in [1.807, 2.05) is 0 Å². The van der Waals surface area contributed by atoms with Crippen LogP contribution in [-0.4, -0.2) is 36.2 Å². The van der Waals surface area contributed by atoms with Gasteiger partial charge in [-0.1, -0.05) is 17.8 Å². The summed E-state index contributed by atoms with van der Waals surface area (Å²) in [5.74, 6) is -0.329. The molecule has 3 aromatic rings. The number of nitrogens with two attached hydrogens (primary N) is 1. The molecule has 0 saturated heterocycles. The lowest BCUT2D eigenvalue weighted by Gasteiger charge is -2.17. The van der Waals surface area contributed by atoms with E-state index in [1.165, 1.54) is 36.0 Å². The van der Waals surface area contributed by atoms with Crippen LogP contribution in [0.4, 0.5) is 10.1 Å². The number of primary sulfonamides is 1. The molecule has 0 radical (unpaired) electrons. The van der Waals surface area contributed by atoms with Gasteiger partial charge in [0.25, 0.3) is 0 Å². The summed E-state index contributed by atoms with van der Waals surface area (Å²) in [6.07, 6.45) is 3.87. The Morgan fingerprint density at radius 3 is 2.83 bits per heavy atom. The number of fused-ring (bicyclic) bond motifs is 1. The number of imidazole rings is 1. The molecule has 1 amide bonds. The minimum atomic E-state index is -3.78. The molecule has 1 aliphatic rings. The van der Waals surface area contributed by atoms with Crippen LogP contribution in [0.15, 0.2) is 64.9 Å². The molecule has 0 unspecified atom stereocenters. The highest BCUT2D eigenvalue weighted by molar-refractivity contribution is 7.99. The van der Waals surface area contributed by atoms with Gasteiger partial charge in [0.15, 0.2) is 5.16 Å². The number of amides is 1. The van der Waals surface area contributed by atoms with Crippen LogP contribution in [0.2, 0.25) is 0 Å². The van der Waals surface area contributed by atoms with E-state index in [9.17, 15) is 17.6 Å². The largest absolute Gasteiger partial charge is 0.311 e. The zero-order chi connectivity index (χ0) is 20.6. The molecule has 0 bridgehead atoms. The van der Waals surface area contributed by atoms with E-state index in [0.29, 0.717) is 29.5 Å². The first-order chi connectivity index (χ1) is 13.8. The Kier molecular flexibility index (Phi) is 5.15. The molecule has 2 heterocycles.